The molecule has 3 aromatic rings. The van der Waals surface area contributed by atoms with Crippen LogP contribution in [0.1, 0.15) is 16.7 Å². The molecule has 0 aliphatic carbocycles. The van der Waals surface area contributed by atoms with Crippen LogP contribution in [-0.4, -0.2) is 29.3 Å². The van der Waals surface area contributed by atoms with Gasteiger partial charge in [0.15, 0.2) is 5.54 Å². The van der Waals surface area contributed by atoms with Crippen LogP contribution < -0.4 is 10.6 Å². The molecule has 6 nitrogen and oxygen atoms in total. The van der Waals surface area contributed by atoms with Crippen LogP contribution in [0.4, 0.5) is 14.9 Å². The van der Waals surface area contributed by atoms with Gasteiger partial charge in [0.2, 0.25) is 5.91 Å². The fourth-order valence-electron chi connectivity index (χ4n) is 3.83. The van der Waals surface area contributed by atoms with Crippen LogP contribution in [0.5, 0.6) is 0 Å². The maximum atomic E-state index is 13.8. The molecule has 0 bridgehead atoms. The van der Waals surface area contributed by atoms with Gasteiger partial charge in [-0.15, -0.1) is 0 Å². The molecule has 4 amide bonds. The minimum absolute atomic E-state index is 0.240. The first kappa shape index (κ1) is 21.2. The van der Waals surface area contributed by atoms with E-state index >= 15 is 0 Å². The van der Waals surface area contributed by atoms with Crippen LogP contribution in [0, 0.1) is 12.7 Å². The Labute approximate surface area is 185 Å². The van der Waals surface area contributed by atoms with Gasteiger partial charge in [0, 0.05) is 12.1 Å². The van der Waals surface area contributed by atoms with Gasteiger partial charge in [0.1, 0.15) is 12.4 Å². The number of benzene rings is 3. The van der Waals surface area contributed by atoms with Crippen molar-refractivity contribution in [1.82, 2.24) is 10.2 Å². The van der Waals surface area contributed by atoms with Crippen molar-refractivity contribution in [2.75, 3.05) is 11.9 Å². The molecule has 7 heteroatoms. The van der Waals surface area contributed by atoms with Crippen LogP contribution in [-0.2, 0) is 21.5 Å². The Balaban J connectivity index is 1.59. The van der Waals surface area contributed by atoms with Crippen molar-refractivity contribution < 1.29 is 18.8 Å². The second kappa shape index (κ2) is 8.63. The minimum atomic E-state index is -1.32. The van der Waals surface area contributed by atoms with Gasteiger partial charge < -0.3 is 10.6 Å². The summed E-state index contributed by atoms with van der Waals surface area (Å²) in [6, 6.07) is 22.0. The normalized spacial score (nSPS) is 17.9. The third-order valence-electron chi connectivity index (χ3n) is 5.51. The Morgan fingerprint density at radius 2 is 1.66 bits per heavy atom. The largest absolute Gasteiger partial charge is 0.325 e. The van der Waals surface area contributed by atoms with Crippen molar-refractivity contribution >= 4 is 23.5 Å². The SMILES string of the molecule is Cc1ccc(NC(=O)CN2C(=O)NC(Cc3ccccc3)(c3ccccc3)C2=O)cc1F. The summed E-state index contributed by atoms with van der Waals surface area (Å²) < 4.78 is 13.8. The Bertz CT molecular complexity index is 1170. The van der Waals surface area contributed by atoms with E-state index in [2.05, 4.69) is 10.6 Å². The quantitative estimate of drug-likeness (QED) is 0.584. The van der Waals surface area contributed by atoms with E-state index in [1.165, 1.54) is 6.07 Å². The average Bonchev–Trinajstić information content (AvgIpc) is 3.02. The van der Waals surface area contributed by atoms with E-state index in [1.54, 1.807) is 43.3 Å². The van der Waals surface area contributed by atoms with Crippen molar-refractivity contribution in [3.63, 3.8) is 0 Å². The van der Waals surface area contributed by atoms with E-state index in [0.717, 1.165) is 10.5 Å². The number of carbonyl (C=O) groups excluding carboxylic acids is 3. The lowest BCUT2D eigenvalue weighted by atomic mass is 9.83. The number of nitrogens with one attached hydrogen (secondary N) is 2. The molecular weight excluding hydrogens is 409 g/mol. The Morgan fingerprint density at radius 3 is 2.31 bits per heavy atom. The number of nitrogens with zero attached hydrogens (tertiary/aromatic N) is 1. The number of aryl methyl sites for hydroxylation is 1. The highest BCUT2D eigenvalue weighted by atomic mass is 19.1. The summed E-state index contributed by atoms with van der Waals surface area (Å²) in [5.41, 5.74) is 0.877. The van der Waals surface area contributed by atoms with Gasteiger partial charge >= 0.3 is 6.03 Å². The number of hydrogen-bond donors (Lipinski definition) is 2. The van der Waals surface area contributed by atoms with Crippen LogP contribution in [0.15, 0.2) is 78.9 Å². The summed E-state index contributed by atoms with van der Waals surface area (Å²) in [5.74, 6) is -1.56. The summed E-state index contributed by atoms with van der Waals surface area (Å²) in [6.07, 6.45) is 0.240. The number of anilines is 1. The molecular formula is C25H22FN3O3. The first-order valence-corrected chi connectivity index (χ1v) is 10.2. The zero-order valence-corrected chi connectivity index (χ0v) is 17.5. The standard InChI is InChI=1S/C25H22FN3O3/c1-17-12-13-20(14-21(17)26)27-22(30)16-29-23(31)25(28-24(29)32,19-10-6-3-7-11-19)15-18-8-4-2-5-9-18/h2-14H,15-16H2,1H3,(H,27,30)(H,28,32). The van der Waals surface area contributed by atoms with Crippen LogP contribution in [0.3, 0.4) is 0 Å². The number of urea groups is 1. The number of halogens is 1. The predicted molar refractivity (Wildman–Crippen MR) is 118 cm³/mol. The van der Waals surface area contributed by atoms with E-state index in [-0.39, 0.29) is 12.1 Å². The van der Waals surface area contributed by atoms with E-state index in [0.29, 0.717) is 11.1 Å². The van der Waals surface area contributed by atoms with Crippen LogP contribution in [0.25, 0.3) is 0 Å². The minimum Gasteiger partial charge on any atom is -0.324 e. The molecule has 1 aliphatic rings. The van der Waals surface area contributed by atoms with E-state index in [9.17, 15) is 18.8 Å². The smallest absolute Gasteiger partial charge is 0.324 e. The van der Waals surface area contributed by atoms with Crippen molar-refractivity contribution in [2.24, 2.45) is 0 Å². The molecule has 0 spiro atoms. The van der Waals surface area contributed by atoms with E-state index in [1.807, 2.05) is 36.4 Å². The second-order valence-corrected chi connectivity index (χ2v) is 7.77. The lowest BCUT2D eigenvalue weighted by Crippen LogP contribution is -2.46. The van der Waals surface area contributed by atoms with Gasteiger partial charge in [-0.3, -0.25) is 14.5 Å². The number of imide groups is 1. The lowest BCUT2D eigenvalue weighted by Gasteiger charge is -2.27. The number of rotatable bonds is 6. The van der Waals surface area contributed by atoms with E-state index < -0.39 is 35.7 Å². The van der Waals surface area contributed by atoms with Gasteiger partial charge in [-0.25, -0.2) is 9.18 Å². The number of amides is 4. The summed E-state index contributed by atoms with van der Waals surface area (Å²) in [6.45, 7) is 1.13. The Morgan fingerprint density at radius 1 is 1.00 bits per heavy atom. The fraction of sp³-hybridized carbons (Fsp3) is 0.160. The molecule has 1 heterocycles. The van der Waals surface area contributed by atoms with Crippen molar-refractivity contribution in [3.8, 4) is 0 Å². The van der Waals surface area contributed by atoms with Crippen molar-refractivity contribution in [2.45, 2.75) is 18.9 Å². The van der Waals surface area contributed by atoms with Crippen molar-refractivity contribution in [3.05, 3.63) is 101 Å². The highest BCUT2D eigenvalue weighted by Gasteiger charge is 2.52. The van der Waals surface area contributed by atoms with Gasteiger partial charge in [-0.2, -0.15) is 0 Å². The summed E-state index contributed by atoms with van der Waals surface area (Å²) in [5, 5.41) is 5.36. The maximum absolute atomic E-state index is 13.8. The summed E-state index contributed by atoms with van der Waals surface area (Å²) in [4.78, 5) is 39.8. The molecule has 1 unspecified atom stereocenters. The molecule has 1 atom stereocenters. The Kier molecular flexibility index (Phi) is 5.73. The molecule has 0 saturated carbocycles. The van der Waals surface area contributed by atoms with Gasteiger partial charge in [0.25, 0.3) is 5.91 Å². The molecule has 4 rings (SSSR count). The Hall–Kier alpha value is -4.00. The lowest BCUT2D eigenvalue weighted by molar-refractivity contribution is -0.134. The molecule has 32 heavy (non-hydrogen) atoms. The van der Waals surface area contributed by atoms with Crippen LogP contribution >= 0.6 is 0 Å². The summed E-state index contributed by atoms with van der Waals surface area (Å²) >= 11 is 0. The topological polar surface area (TPSA) is 78.5 Å². The molecule has 0 aromatic heterocycles. The molecule has 162 valence electrons. The molecule has 0 radical (unpaired) electrons. The molecule has 1 aliphatic heterocycles. The van der Waals surface area contributed by atoms with Gasteiger partial charge in [0.05, 0.1) is 0 Å². The maximum Gasteiger partial charge on any atom is 0.325 e. The molecule has 1 saturated heterocycles. The zero-order valence-electron chi connectivity index (χ0n) is 17.5. The molecule has 3 aromatic carbocycles. The zero-order chi connectivity index (χ0) is 22.7. The van der Waals surface area contributed by atoms with Crippen molar-refractivity contribution in [1.29, 1.82) is 0 Å². The first-order valence-electron chi connectivity index (χ1n) is 10.2. The summed E-state index contributed by atoms with van der Waals surface area (Å²) in [7, 11) is 0. The number of carbonyl (C=O) groups is 3. The fourth-order valence-corrected chi connectivity index (χ4v) is 3.83. The highest BCUT2D eigenvalue weighted by molar-refractivity contribution is 6.10. The molecule has 2 N–H and O–H groups in total. The number of hydrogen-bond acceptors (Lipinski definition) is 3. The highest BCUT2D eigenvalue weighted by Crippen LogP contribution is 2.33. The average molecular weight is 431 g/mol. The van der Waals surface area contributed by atoms with E-state index in [4.69, 9.17) is 0 Å². The monoisotopic (exact) mass is 431 g/mol. The van der Waals surface area contributed by atoms with Gasteiger partial charge in [-0.1, -0.05) is 66.7 Å². The van der Waals surface area contributed by atoms with Crippen LogP contribution in [0.2, 0.25) is 0 Å². The predicted octanol–water partition coefficient (Wildman–Crippen LogP) is 3.76. The van der Waals surface area contributed by atoms with Gasteiger partial charge in [-0.05, 0) is 35.7 Å². The third kappa shape index (κ3) is 4.09. The third-order valence-corrected chi connectivity index (χ3v) is 5.51. The first-order chi connectivity index (χ1) is 15.4. The molecule has 1 fully saturated rings. The second-order valence-electron chi connectivity index (χ2n) is 7.77.